The predicted molar refractivity (Wildman–Crippen MR) is 100 cm³/mol. The number of allylic oxidation sites excluding steroid dienone is 1. The third kappa shape index (κ3) is 3.06. The first kappa shape index (κ1) is 18.1. The minimum absolute atomic E-state index is 0.0546. The zero-order valence-electron chi connectivity index (χ0n) is 16.6. The molecule has 1 spiro atoms. The first-order chi connectivity index (χ1) is 13.0. The molecule has 0 radical (unpaired) electrons. The van der Waals surface area contributed by atoms with Crippen LogP contribution in [0.1, 0.15) is 51.9 Å². The van der Waals surface area contributed by atoms with Gasteiger partial charge in [-0.3, -0.25) is 4.79 Å². The Morgan fingerprint density at radius 2 is 1.93 bits per heavy atom. The van der Waals surface area contributed by atoms with Crippen molar-refractivity contribution in [2.24, 2.45) is 23.2 Å². The number of likely N-dealkylation sites (tertiary alicyclic amines) is 1. The Morgan fingerprint density at radius 3 is 2.67 bits per heavy atom. The van der Waals surface area contributed by atoms with Crippen molar-refractivity contribution in [1.82, 2.24) is 0 Å². The second kappa shape index (κ2) is 6.57. The van der Waals surface area contributed by atoms with Gasteiger partial charge < -0.3 is 19.1 Å². The molecule has 0 aromatic rings. The number of quaternary nitrogens is 1. The van der Waals surface area contributed by atoms with Gasteiger partial charge in [-0.15, -0.1) is 0 Å². The van der Waals surface area contributed by atoms with Gasteiger partial charge in [-0.2, -0.15) is 0 Å². The van der Waals surface area contributed by atoms with Gasteiger partial charge in [0.1, 0.15) is 12.0 Å². The number of hydrogen-bond donors (Lipinski definition) is 1. The molecule has 5 heteroatoms. The Kier molecular flexibility index (Phi) is 4.41. The molecule has 0 aromatic heterocycles. The lowest BCUT2D eigenvalue weighted by Gasteiger charge is -2.50. The summed E-state index contributed by atoms with van der Waals surface area (Å²) in [6.07, 6.45) is 7.80. The van der Waals surface area contributed by atoms with Crippen molar-refractivity contribution in [3.8, 4) is 0 Å². The van der Waals surface area contributed by atoms with Crippen molar-refractivity contribution in [3.05, 3.63) is 12.2 Å². The van der Waals surface area contributed by atoms with Gasteiger partial charge in [-0.05, 0) is 43.4 Å². The van der Waals surface area contributed by atoms with Gasteiger partial charge in [-0.25, -0.2) is 0 Å². The molecule has 5 atom stereocenters. The van der Waals surface area contributed by atoms with Gasteiger partial charge in [-0.1, -0.05) is 19.1 Å². The van der Waals surface area contributed by atoms with Gasteiger partial charge in [0.05, 0.1) is 45.7 Å². The quantitative estimate of drug-likeness (QED) is 0.589. The number of carbonyl (C=O) groups is 1. The summed E-state index contributed by atoms with van der Waals surface area (Å²) in [5, 5.41) is 0. The maximum Gasteiger partial charge on any atom is 0.315 e. The smallest absolute Gasteiger partial charge is 0.315 e. The topological polar surface area (TPSA) is 49.2 Å². The molecule has 150 valence electrons. The lowest BCUT2D eigenvalue weighted by molar-refractivity contribution is -0.911. The SMILES string of the molecule is C=C1CCC[C@]2(C)C[C@H]3OC(=O)[C@@H](C[NH+]4CCC5(CC4)OCCO5)[C@H]3C[C@@H]12. The Morgan fingerprint density at radius 1 is 1.19 bits per heavy atom. The number of hydrogen-bond acceptors (Lipinski definition) is 4. The molecule has 2 aliphatic carbocycles. The molecule has 3 aliphatic heterocycles. The molecule has 0 amide bonds. The van der Waals surface area contributed by atoms with Crippen LogP contribution in [0.3, 0.4) is 0 Å². The molecule has 3 heterocycles. The van der Waals surface area contributed by atoms with Gasteiger partial charge in [0.2, 0.25) is 0 Å². The van der Waals surface area contributed by atoms with E-state index in [9.17, 15) is 4.79 Å². The molecule has 0 bridgehead atoms. The van der Waals surface area contributed by atoms with E-state index in [2.05, 4.69) is 13.5 Å². The summed E-state index contributed by atoms with van der Waals surface area (Å²) in [7, 11) is 0. The largest absolute Gasteiger partial charge is 0.462 e. The zero-order chi connectivity index (χ0) is 18.6. The predicted octanol–water partition coefficient (Wildman–Crippen LogP) is 1.72. The lowest BCUT2D eigenvalue weighted by Crippen LogP contribution is -3.14. The van der Waals surface area contributed by atoms with Crippen molar-refractivity contribution in [2.45, 2.75) is 63.8 Å². The number of piperidine rings is 1. The average Bonchev–Trinajstić information content (AvgIpc) is 3.20. The molecule has 0 unspecified atom stereocenters. The van der Waals surface area contributed by atoms with E-state index in [1.807, 2.05) is 0 Å². The standard InChI is InChI=1S/C22H33NO4/c1-15-4-3-5-21(2)13-19-16(12-18(15)21)17(20(24)27-19)14-23-8-6-22(7-9-23)25-10-11-26-22/h16-19H,1,3-14H2,2H3/p+1/t16-,17+,18+,19-,21-/m1/s1. The summed E-state index contributed by atoms with van der Waals surface area (Å²) >= 11 is 0. The Balaban J connectivity index is 1.26. The first-order valence-corrected chi connectivity index (χ1v) is 11.0. The summed E-state index contributed by atoms with van der Waals surface area (Å²) in [5.74, 6) is 0.745. The normalized spacial score (nSPS) is 44.2. The number of ether oxygens (including phenoxy) is 3. The molecule has 5 aliphatic rings. The van der Waals surface area contributed by atoms with Crippen LogP contribution in [0.5, 0.6) is 0 Å². The van der Waals surface area contributed by atoms with Gasteiger partial charge in [0.15, 0.2) is 5.79 Å². The zero-order valence-corrected chi connectivity index (χ0v) is 16.6. The van der Waals surface area contributed by atoms with Crippen LogP contribution in [0, 0.1) is 23.2 Å². The highest BCUT2D eigenvalue weighted by Gasteiger charge is 2.56. The molecule has 1 N–H and O–H groups in total. The van der Waals surface area contributed by atoms with Crippen LogP contribution < -0.4 is 4.90 Å². The molecule has 27 heavy (non-hydrogen) atoms. The number of rotatable bonds is 2. The molecule has 5 nitrogen and oxygen atoms in total. The van der Waals surface area contributed by atoms with E-state index in [0.717, 1.165) is 65.0 Å². The minimum atomic E-state index is -0.325. The maximum atomic E-state index is 12.7. The van der Waals surface area contributed by atoms with E-state index >= 15 is 0 Å². The number of esters is 1. The highest BCUT2D eigenvalue weighted by atomic mass is 16.7. The fourth-order valence-electron chi connectivity index (χ4n) is 6.77. The van der Waals surface area contributed by atoms with Crippen LogP contribution in [-0.2, 0) is 19.0 Å². The highest BCUT2D eigenvalue weighted by molar-refractivity contribution is 5.75. The third-order valence-corrected chi connectivity index (χ3v) is 8.36. The van der Waals surface area contributed by atoms with Crippen LogP contribution in [0.2, 0.25) is 0 Å². The van der Waals surface area contributed by atoms with E-state index in [1.54, 1.807) is 0 Å². The number of fused-ring (bicyclic) bond motifs is 2. The third-order valence-electron chi connectivity index (χ3n) is 8.36. The molecule has 2 saturated carbocycles. The fourth-order valence-corrected chi connectivity index (χ4v) is 6.77. The van der Waals surface area contributed by atoms with E-state index in [1.165, 1.54) is 23.3 Å². The van der Waals surface area contributed by atoms with Crippen LogP contribution in [0.25, 0.3) is 0 Å². The Labute approximate surface area is 162 Å². The van der Waals surface area contributed by atoms with E-state index in [4.69, 9.17) is 14.2 Å². The van der Waals surface area contributed by atoms with E-state index in [0.29, 0.717) is 11.8 Å². The summed E-state index contributed by atoms with van der Waals surface area (Å²) in [6, 6.07) is 0. The molecule has 3 saturated heterocycles. The molecular weight excluding hydrogens is 342 g/mol. The average molecular weight is 377 g/mol. The number of nitrogens with one attached hydrogen (secondary N) is 1. The van der Waals surface area contributed by atoms with Crippen molar-refractivity contribution in [2.75, 3.05) is 32.8 Å². The van der Waals surface area contributed by atoms with Crippen LogP contribution in [0.4, 0.5) is 0 Å². The summed E-state index contributed by atoms with van der Waals surface area (Å²) in [4.78, 5) is 14.3. The van der Waals surface area contributed by atoms with Crippen molar-refractivity contribution >= 4 is 5.97 Å². The van der Waals surface area contributed by atoms with Crippen LogP contribution in [-0.4, -0.2) is 50.7 Å². The maximum absolute atomic E-state index is 12.7. The summed E-state index contributed by atoms with van der Waals surface area (Å²) < 4.78 is 17.6. The first-order valence-electron chi connectivity index (χ1n) is 11.0. The van der Waals surface area contributed by atoms with Crippen molar-refractivity contribution < 1.29 is 23.9 Å². The fraction of sp³-hybridized carbons (Fsp3) is 0.864. The lowest BCUT2D eigenvalue weighted by atomic mass is 9.55. The monoisotopic (exact) mass is 376 g/mol. The van der Waals surface area contributed by atoms with Crippen molar-refractivity contribution in [3.63, 3.8) is 0 Å². The summed E-state index contributed by atoms with van der Waals surface area (Å²) in [6.45, 7) is 11.2. The molecule has 5 fully saturated rings. The second-order valence-corrected chi connectivity index (χ2v) is 9.97. The van der Waals surface area contributed by atoms with Gasteiger partial charge >= 0.3 is 5.97 Å². The van der Waals surface area contributed by atoms with E-state index in [-0.39, 0.29) is 29.2 Å². The van der Waals surface area contributed by atoms with E-state index < -0.39 is 0 Å². The Bertz CT molecular complexity index is 618. The second-order valence-electron chi connectivity index (χ2n) is 9.97. The summed E-state index contributed by atoms with van der Waals surface area (Å²) in [5.41, 5.74) is 1.70. The minimum Gasteiger partial charge on any atom is -0.462 e. The Hall–Kier alpha value is -0.910. The molecular formula is C22H34NO4+. The van der Waals surface area contributed by atoms with Gasteiger partial charge in [0.25, 0.3) is 0 Å². The molecule has 0 aromatic carbocycles. The highest BCUT2D eigenvalue weighted by Crippen LogP contribution is 2.56. The van der Waals surface area contributed by atoms with Crippen LogP contribution >= 0.6 is 0 Å². The molecule has 5 rings (SSSR count). The number of carbonyl (C=O) groups excluding carboxylic acids is 1. The van der Waals surface area contributed by atoms with Gasteiger partial charge in [0, 0.05) is 5.92 Å². The van der Waals surface area contributed by atoms with Crippen LogP contribution in [0.15, 0.2) is 12.2 Å². The van der Waals surface area contributed by atoms with Crippen molar-refractivity contribution in [1.29, 1.82) is 0 Å².